The number of rotatable bonds is 7. The highest BCUT2D eigenvalue weighted by molar-refractivity contribution is 5.29. The van der Waals surface area contributed by atoms with Gasteiger partial charge in [0.1, 0.15) is 5.75 Å². The molecule has 0 saturated heterocycles. The Kier molecular flexibility index (Phi) is 5.12. The van der Waals surface area contributed by atoms with Gasteiger partial charge in [0.25, 0.3) is 0 Å². The number of ether oxygens (including phenoxy) is 1. The van der Waals surface area contributed by atoms with Gasteiger partial charge in [0.2, 0.25) is 5.89 Å². The number of nitrogens with zero attached hydrogens (tertiary/aromatic N) is 2. The van der Waals surface area contributed by atoms with Gasteiger partial charge in [0, 0.05) is 12.5 Å². The van der Waals surface area contributed by atoms with E-state index in [1.165, 1.54) is 0 Å². The highest BCUT2D eigenvalue weighted by Crippen LogP contribution is 2.15. The maximum Gasteiger partial charge on any atom is 0.240 e. The zero-order valence-corrected chi connectivity index (χ0v) is 12.2. The molecular formula is C15H21N3O2. The van der Waals surface area contributed by atoms with E-state index in [0.29, 0.717) is 30.7 Å². The van der Waals surface area contributed by atoms with Crippen molar-refractivity contribution < 1.29 is 9.26 Å². The Morgan fingerprint density at radius 3 is 3.00 bits per heavy atom. The van der Waals surface area contributed by atoms with E-state index >= 15 is 0 Å². The molecule has 0 radical (unpaired) electrons. The molecule has 1 aromatic carbocycles. The lowest BCUT2D eigenvalue weighted by Gasteiger charge is -2.07. The molecule has 1 unspecified atom stereocenters. The normalized spacial score (nSPS) is 12.3. The SMILES string of the molecule is CCC(C)NCc1nc(Cc2cccc(OC)c2)no1. The lowest BCUT2D eigenvalue weighted by Crippen LogP contribution is -2.24. The smallest absolute Gasteiger partial charge is 0.240 e. The summed E-state index contributed by atoms with van der Waals surface area (Å²) in [5, 5.41) is 7.33. The van der Waals surface area contributed by atoms with E-state index in [1.807, 2.05) is 24.3 Å². The molecule has 1 aromatic heterocycles. The zero-order valence-electron chi connectivity index (χ0n) is 12.2. The molecule has 0 amide bonds. The first-order chi connectivity index (χ1) is 9.71. The summed E-state index contributed by atoms with van der Waals surface area (Å²) in [6, 6.07) is 8.33. The first-order valence-corrected chi connectivity index (χ1v) is 6.89. The summed E-state index contributed by atoms with van der Waals surface area (Å²) in [7, 11) is 1.66. The maximum atomic E-state index is 5.23. The van der Waals surface area contributed by atoms with Gasteiger partial charge in [-0.15, -0.1) is 0 Å². The highest BCUT2D eigenvalue weighted by Gasteiger charge is 2.08. The fraction of sp³-hybridized carbons (Fsp3) is 0.467. The van der Waals surface area contributed by atoms with Crippen LogP contribution < -0.4 is 10.1 Å². The number of benzene rings is 1. The summed E-state index contributed by atoms with van der Waals surface area (Å²) < 4.78 is 10.4. The fourth-order valence-corrected chi connectivity index (χ4v) is 1.80. The molecule has 0 saturated carbocycles. The molecule has 5 heteroatoms. The maximum absolute atomic E-state index is 5.23. The van der Waals surface area contributed by atoms with Gasteiger partial charge in [-0.25, -0.2) is 0 Å². The topological polar surface area (TPSA) is 60.2 Å². The van der Waals surface area contributed by atoms with Gasteiger partial charge in [0.15, 0.2) is 5.82 Å². The minimum Gasteiger partial charge on any atom is -0.497 e. The van der Waals surface area contributed by atoms with Crippen LogP contribution in [0.2, 0.25) is 0 Å². The van der Waals surface area contributed by atoms with Crippen LogP contribution in [0, 0.1) is 0 Å². The lowest BCUT2D eigenvalue weighted by molar-refractivity contribution is 0.354. The standard InChI is InChI=1S/C15H21N3O2/c1-4-11(2)16-10-15-17-14(18-20-15)9-12-6-5-7-13(8-12)19-3/h5-8,11,16H,4,9-10H2,1-3H3. The van der Waals surface area contributed by atoms with Gasteiger partial charge in [-0.1, -0.05) is 24.2 Å². The van der Waals surface area contributed by atoms with Crippen LogP contribution in [-0.2, 0) is 13.0 Å². The largest absolute Gasteiger partial charge is 0.497 e. The van der Waals surface area contributed by atoms with Crippen molar-refractivity contribution in [1.29, 1.82) is 0 Å². The van der Waals surface area contributed by atoms with E-state index in [4.69, 9.17) is 9.26 Å². The summed E-state index contributed by atoms with van der Waals surface area (Å²) in [5.41, 5.74) is 1.10. The molecule has 5 nitrogen and oxygen atoms in total. The van der Waals surface area contributed by atoms with E-state index < -0.39 is 0 Å². The molecule has 0 aliphatic heterocycles. The first kappa shape index (κ1) is 14.5. The van der Waals surface area contributed by atoms with Crippen LogP contribution in [0.15, 0.2) is 28.8 Å². The third-order valence-electron chi connectivity index (χ3n) is 3.22. The van der Waals surface area contributed by atoms with Crippen LogP contribution >= 0.6 is 0 Å². The molecule has 1 N–H and O–H groups in total. The van der Waals surface area contributed by atoms with E-state index in [2.05, 4.69) is 29.3 Å². The van der Waals surface area contributed by atoms with Crippen LogP contribution in [-0.4, -0.2) is 23.3 Å². The Labute approximate surface area is 119 Å². The second kappa shape index (κ2) is 7.05. The number of hydrogen-bond donors (Lipinski definition) is 1. The molecule has 0 fully saturated rings. The molecule has 20 heavy (non-hydrogen) atoms. The van der Waals surface area contributed by atoms with E-state index in [9.17, 15) is 0 Å². The quantitative estimate of drug-likeness (QED) is 0.841. The van der Waals surface area contributed by atoms with Crippen LogP contribution in [0.5, 0.6) is 5.75 Å². The predicted octanol–water partition coefficient (Wildman–Crippen LogP) is 2.56. The van der Waals surface area contributed by atoms with Crippen molar-refractivity contribution in [3.8, 4) is 5.75 Å². The fourth-order valence-electron chi connectivity index (χ4n) is 1.80. The summed E-state index contributed by atoms with van der Waals surface area (Å²) in [6.45, 7) is 4.88. The first-order valence-electron chi connectivity index (χ1n) is 6.89. The van der Waals surface area contributed by atoms with Gasteiger partial charge in [-0.05, 0) is 31.0 Å². The highest BCUT2D eigenvalue weighted by atomic mass is 16.5. The van der Waals surface area contributed by atoms with Crippen molar-refractivity contribution in [2.75, 3.05) is 7.11 Å². The average Bonchev–Trinajstić information content (AvgIpc) is 2.92. The summed E-state index contributed by atoms with van der Waals surface area (Å²) in [6.07, 6.45) is 1.72. The Hall–Kier alpha value is -1.88. The average molecular weight is 275 g/mol. The van der Waals surface area contributed by atoms with Gasteiger partial charge in [0.05, 0.1) is 13.7 Å². The van der Waals surface area contributed by atoms with Gasteiger partial charge >= 0.3 is 0 Å². The van der Waals surface area contributed by atoms with Gasteiger partial charge < -0.3 is 14.6 Å². The van der Waals surface area contributed by atoms with Crippen molar-refractivity contribution in [2.24, 2.45) is 0 Å². The molecule has 0 aliphatic rings. The Bertz CT molecular complexity index is 539. The van der Waals surface area contributed by atoms with Crippen LogP contribution in [0.25, 0.3) is 0 Å². The minimum atomic E-state index is 0.448. The second-order valence-corrected chi connectivity index (χ2v) is 4.82. The van der Waals surface area contributed by atoms with E-state index in [-0.39, 0.29) is 0 Å². The van der Waals surface area contributed by atoms with Crippen molar-refractivity contribution in [1.82, 2.24) is 15.5 Å². The van der Waals surface area contributed by atoms with E-state index in [1.54, 1.807) is 7.11 Å². The second-order valence-electron chi connectivity index (χ2n) is 4.82. The third kappa shape index (κ3) is 4.06. The zero-order chi connectivity index (χ0) is 14.4. The van der Waals surface area contributed by atoms with Crippen LogP contribution in [0.1, 0.15) is 37.5 Å². The van der Waals surface area contributed by atoms with Crippen molar-refractivity contribution in [3.63, 3.8) is 0 Å². The third-order valence-corrected chi connectivity index (χ3v) is 3.22. The molecule has 1 atom stereocenters. The number of hydrogen-bond acceptors (Lipinski definition) is 5. The molecule has 0 aliphatic carbocycles. The van der Waals surface area contributed by atoms with Crippen LogP contribution in [0.3, 0.4) is 0 Å². The molecule has 2 aromatic rings. The van der Waals surface area contributed by atoms with Crippen molar-refractivity contribution in [3.05, 3.63) is 41.5 Å². The Morgan fingerprint density at radius 1 is 1.40 bits per heavy atom. The summed E-state index contributed by atoms with van der Waals surface area (Å²) in [5.74, 6) is 2.16. The monoisotopic (exact) mass is 275 g/mol. The summed E-state index contributed by atoms with van der Waals surface area (Å²) in [4.78, 5) is 4.39. The molecule has 108 valence electrons. The van der Waals surface area contributed by atoms with Crippen molar-refractivity contribution in [2.45, 2.75) is 39.3 Å². The molecular weight excluding hydrogens is 254 g/mol. The molecule has 0 bridgehead atoms. The molecule has 0 spiro atoms. The van der Waals surface area contributed by atoms with Gasteiger partial charge in [-0.3, -0.25) is 0 Å². The number of nitrogens with one attached hydrogen (secondary N) is 1. The van der Waals surface area contributed by atoms with Crippen molar-refractivity contribution >= 4 is 0 Å². The number of methoxy groups -OCH3 is 1. The molecule has 1 heterocycles. The lowest BCUT2D eigenvalue weighted by atomic mass is 10.1. The minimum absolute atomic E-state index is 0.448. The number of aromatic nitrogens is 2. The molecule has 2 rings (SSSR count). The van der Waals surface area contributed by atoms with E-state index in [0.717, 1.165) is 17.7 Å². The predicted molar refractivity (Wildman–Crippen MR) is 76.7 cm³/mol. The Morgan fingerprint density at radius 2 is 2.25 bits per heavy atom. The van der Waals surface area contributed by atoms with Gasteiger partial charge in [-0.2, -0.15) is 4.98 Å². The summed E-state index contributed by atoms with van der Waals surface area (Å²) >= 11 is 0. The Balaban J connectivity index is 1.95. The van der Waals surface area contributed by atoms with Crippen LogP contribution in [0.4, 0.5) is 0 Å².